The largest absolute Gasteiger partial charge is 0.497 e. The van der Waals surface area contributed by atoms with Crippen LogP contribution in [-0.4, -0.2) is 53.1 Å². The van der Waals surface area contributed by atoms with E-state index in [2.05, 4.69) is 30.6 Å². The van der Waals surface area contributed by atoms with Crippen molar-refractivity contribution in [3.63, 3.8) is 0 Å². The molecule has 32 heavy (non-hydrogen) atoms. The zero-order chi connectivity index (χ0) is 22.3. The molecule has 0 saturated carbocycles. The molecular weight excluding hydrogens is 428 g/mol. The molecule has 1 saturated heterocycles. The van der Waals surface area contributed by atoms with E-state index in [1.807, 2.05) is 37.3 Å². The third kappa shape index (κ3) is 5.38. The summed E-state index contributed by atoms with van der Waals surface area (Å²) in [6, 6.07) is 11.2. The minimum Gasteiger partial charge on any atom is -0.497 e. The van der Waals surface area contributed by atoms with Crippen LogP contribution in [-0.2, 0) is 16.0 Å². The van der Waals surface area contributed by atoms with Gasteiger partial charge in [-0.15, -0.1) is 15.3 Å². The fraction of sp³-hybridized carbons (Fsp3) is 0.409. The minimum atomic E-state index is -0.752. The summed E-state index contributed by atoms with van der Waals surface area (Å²) in [6.45, 7) is 4.11. The Morgan fingerprint density at radius 1 is 1.28 bits per heavy atom. The molecule has 0 spiro atoms. The number of rotatable bonds is 9. The zero-order valence-electron chi connectivity index (χ0n) is 18.1. The lowest BCUT2D eigenvalue weighted by Crippen LogP contribution is -2.23. The number of carbonyl (C=O) groups excluding carboxylic acids is 1. The van der Waals surface area contributed by atoms with Crippen LogP contribution < -0.4 is 15.0 Å². The third-order valence-electron chi connectivity index (χ3n) is 5.30. The Bertz CT molecular complexity index is 1030. The Morgan fingerprint density at radius 2 is 2.19 bits per heavy atom. The van der Waals surface area contributed by atoms with Gasteiger partial charge in [-0.25, -0.2) is 0 Å². The van der Waals surface area contributed by atoms with Gasteiger partial charge in [0, 0.05) is 32.3 Å². The van der Waals surface area contributed by atoms with Crippen LogP contribution in [0.2, 0.25) is 0 Å². The molecule has 9 nitrogen and oxygen atoms in total. The van der Waals surface area contributed by atoms with Crippen molar-refractivity contribution in [2.75, 3.05) is 37.0 Å². The van der Waals surface area contributed by atoms with Gasteiger partial charge in [-0.3, -0.25) is 10.1 Å². The minimum absolute atomic E-state index is 0.280. The lowest BCUT2D eigenvalue weighted by Gasteiger charge is -2.16. The predicted molar refractivity (Wildman–Crippen MR) is 122 cm³/mol. The van der Waals surface area contributed by atoms with Gasteiger partial charge in [-0.05, 0) is 49.1 Å². The number of methoxy groups -OCH3 is 1. The van der Waals surface area contributed by atoms with Crippen LogP contribution in [0.1, 0.15) is 30.0 Å². The van der Waals surface area contributed by atoms with E-state index >= 15 is 0 Å². The van der Waals surface area contributed by atoms with Gasteiger partial charge in [0.1, 0.15) is 10.8 Å². The van der Waals surface area contributed by atoms with Crippen molar-refractivity contribution in [2.45, 2.75) is 25.9 Å². The van der Waals surface area contributed by atoms with Crippen molar-refractivity contribution >= 4 is 28.2 Å². The molecule has 1 aliphatic rings. The molecule has 10 heteroatoms. The second-order valence-corrected chi connectivity index (χ2v) is 8.55. The molecule has 0 bridgehead atoms. The highest BCUT2D eigenvalue weighted by Crippen LogP contribution is 2.28. The molecule has 0 radical (unpaired) electrons. The van der Waals surface area contributed by atoms with E-state index in [0.717, 1.165) is 42.3 Å². The van der Waals surface area contributed by atoms with Crippen LogP contribution in [0.3, 0.4) is 0 Å². The van der Waals surface area contributed by atoms with Gasteiger partial charge in [0.05, 0.1) is 7.11 Å². The lowest BCUT2D eigenvalue weighted by molar-refractivity contribution is -0.127. The highest BCUT2D eigenvalue weighted by molar-refractivity contribution is 7.15. The van der Waals surface area contributed by atoms with E-state index in [0.29, 0.717) is 23.4 Å². The Balaban J connectivity index is 1.36. The summed E-state index contributed by atoms with van der Waals surface area (Å²) in [5.41, 5.74) is 0.725. The predicted octanol–water partition coefficient (Wildman–Crippen LogP) is 3.12. The zero-order valence-corrected chi connectivity index (χ0v) is 18.9. The second kappa shape index (κ2) is 10.5. The standard InChI is InChI=1S/C22H26N6O3S/c1-3-31-20(16-6-4-7-17(13-16)30-2)21(29)24-22-27-26-19(32-22)12-15-9-11-28(14-15)18-8-5-10-23-25-18/h4-8,10,13,15,20H,3,9,11-12,14H2,1-2H3,(H,24,27,29)/t15-,20+/m0/s1. The number of aromatic nitrogens is 4. The van der Waals surface area contributed by atoms with Gasteiger partial charge in [0.2, 0.25) is 5.13 Å². The van der Waals surface area contributed by atoms with Gasteiger partial charge in [0.25, 0.3) is 5.91 Å². The van der Waals surface area contributed by atoms with Crippen molar-refractivity contribution in [1.29, 1.82) is 0 Å². The molecule has 3 heterocycles. The normalized spacial score (nSPS) is 16.7. The molecule has 1 aromatic carbocycles. The van der Waals surface area contributed by atoms with E-state index in [1.54, 1.807) is 19.4 Å². The quantitative estimate of drug-likeness (QED) is 0.526. The van der Waals surface area contributed by atoms with Gasteiger partial charge < -0.3 is 14.4 Å². The molecule has 0 unspecified atom stereocenters. The maximum absolute atomic E-state index is 12.9. The Hall–Kier alpha value is -3.11. The van der Waals surface area contributed by atoms with Crippen molar-refractivity contribution in [3.05, 3.63) is 53.2 Å². The summed E-state index contributed by atoms with van der Waals surface area (Å²) in [5, 5.41) is 20.8. The van der Waals surface area contributed by atoms with E-state index in [-0.39, 0.29) is 5.91 Å². The highest BCUT2D eigenvalue weighted by Gasteiger charge is 2.26. The molecule has 2 aromatic heterocycles. The van der Waals surface area contributed by atoms with Crippen LogP contribution >= 0.6 is 11.3 Å². The smallest absolute Gasteiger partial charge is 0.259 e. The SMILES string of the molecule is CCO[C@@H](C(=O)Nc1nnc(C[C@@H]2CCN(c3cccnn3)C2)s1)c1cccc(OC)c1. The van der Waals surface area contributed by atoms with Crippen LogP contribution in [0.4, 0.5) is 10.9 Å². The summed E-state index contributed by atoms with van der Waals surface area (Å²) >= 11 is 1.40. The first kappa shape index (κ1) is 22.1. The van der Waals surface area contributed by atoms with Gasteiger partial charge in [0.15, 0.2) is 11.9 Å². The number of amides is 1. The molecule has 168 valence electrons. The average molecular weight is 455 g/mol. The van der Waals surface area contributed by atoms with Crippen molar-refractivity contribution < 1.29 is 14.3 Å². The fourth-order valence-electron chi connectivity index (χ4n) is 3.77. The summed E-state index contributed by atoms with van der Waals surface area (Å²) in [6.07, 6.45) is 2.80. The van der Waals surface area contributed by atoms with E-state index < -0.39 is 6.10 Å². The van der Waals surface area contributed by atoms with Crippen LogP contribution in [0.25, 0.3) is 0 Å². The maximum atomic E-state index is 12.9. The first-order chi connectivity index (χ1) is 15.7. The Labute approximate surface area is 190 Å². The molecule has 1 amide bonds. The van der Waals surface area contributed by atoms with Crippen LogP contribution in [0.15, 0.2) is 42.6 Å². The van der Waals surface area contributed by atoms with E-state index in [4.69, 9.17) is 9.47 Å². The van der Waals surface area contributed by atoms with Gasteiger partial charge in [-0.1, -0.05) is 23.5 Å². The summed E-state index contributed by atoms with van der Waals surface area (Å²) in [5.74, 6) is 1.75. The van der Waals surface area contributed by atoms with Crippen molar-refractivity contribution in [3.8, 4) is 5.75 Å². The topological polar surface area (TPSA) is 102 Å². The molecular formula is C22H26N6O3S. The molecule has 3 aromatic rings. The first-order valence-electron chi connectivity index (χ1n) is 10.6. The van der Waals surface area contributed by atoms with Crippen molar-refractivity contribution in [2.24, 2.45) is 5.92 Å². The number of nitrogens with zero attached hydrogens (tertiary/aromatic N) is 5. The fourth-order valence-corrected chi connectivity index (χ4v) is 4.63. The van der Waals surface area contributed by atoms with Crippen LogP contribution in [0.5, 0.6) is 5.75 Å². The summed E-state index contributed by atoms with van der Waals surface area (Å²) < 4.78 is 11.0. The van der Waals surface area contributed by atoms with Crippen LogP contribution in [0, 0.1) is 5.92 Å². The first-order valence-corrected chi connectivity index (χ1v) is 11.4. The van der Waals surface area contributed by atoms with E-state index in [9.17, 15) is 4.79 Å². The number of anilines is 2. The molecule has 1 aliphatic heterocycles. The number of ether oxygens (including phenoxy) is 2. The number of benzene rings is 1. The number of hydrogen-bond acceptors (Lipinski definition) is 9. The number of nitrogens with one attached hydrogen (secondary N) is 1. The Morgan fingerprint density at radius 3 is 2.97 bits per heavy atom. The summed E-state index contributed by atoms with van der Waals surface area (Å²) in [7, 11) is 1.59. The molecule has 0 aliphatic carbocycles. The highest BCUT2D eigenvalue weighted by atomic mass is 32.1. The second-order valence-electron chi connectivity index (χ2n) is 7.49. The summed E-state index contributed by atoms with van der Waals surface area (Å²) in [4.78, 5) is 15.1. The Kier molecular flexibility index (Phi) is 7.23. The number of carbonyl (C=O) groups is 1. The monoisotopic (exact) mass is 454 g/mol. The lowest BCUT2D eigenvalue weighted by atomic mass is 10.1. The average Bonchev–Trinajstić information content (AvgIpc) is 3.48. The van der Waals surface area contributed by atoms with E-state index in [1.165, 1.54) is 11.3 Å². The molecule has 1 fully saturated rings. The third-order valence-corrected chi connectivity index (χ3v) is 6.16. The van der Waals surface area contributed by atoms with Gasteiger partial charge in [-0.2, -0.15) is 5.10 Å². The van der Waals surface area contributed by atoms with Crippen molar-refractivity contribution in [1.82, 2.24) is 20.4 Å². The van der Waals surface area contributed by atoms with Gasteiger partial charge >= 0.3 is 0 Å². The number of hydrogen-bond donors (Lipinski definition) is 1. The molecule has 4 rings (SSSR count). The maximum Gasteiger partial charge on any atom is 0.259 e. The molecule has 2 atom stereocenters. The molecule has 1 N–H and O–H groups in total.